The van der Waals surface area contributed by atoms with Gasteiger partial charge in [0.05, 0.1) is 16.3 Å². The number of nitrogens with two attached hydrogens (primary N) is 1. The number of amides is 5. The van der Waals surface area contributed by atoms with Gasteiger partial charge in [-0.25, -0.2) is 0 Å². The van der Waals surface area contributed by atoms with Crippen LogP contribution in [0.4, 0.5) is 0 Å². The van der Waals surface area contributed by atoms with Gasteiger partial charge in [-0.15, -0.1) is 22.7 Å². The number of rotatable bonds is 11. The molecule has 4 aromatic rings. The number of hydrogen-bond acceptors (Lipinski definition) is 7. The van der Waals surface area contributed by atoms with Gasteiger partial charge in [0.15, 0.2) is 0 Å². The summed E-state index contributed by atoms with van der Waals surface area (Å²) in [7, 11) is 0. The van der Waals surface area contributed by atoms with Crippen LogP contribution in [0.5, 0.6) is 0 Å². The van der Waals surface area contributed by atoms with E-state index >= 15 is 0 Å². The fraction of sp³-hybridized carbons (Fsp3) is 0.250. The summed E-state index contributed by atoms with van der Waals surface area (Å²) in [6.07, 6.45) is 0. The Bertz CT molecular complexity index is 1510. The highest BCUT2D eigenvalue weighted by Crippen LogP contribution is 2.26. The standard InChI is InChI=1S/C28H29N5O5S2/c1-15(2)24(33-27(37)22-12-17-8-4-6-10-20(17)40-22)28(38)32-18(25(35)31-14-23(29)34)13-30-26(36)21-11-16-7-3-5-9-19(16)39-21/h3-12,15,18,24H,13-14H2,1-2H3,(H2,29,34)(H,30,36)(H,31,35)(H,32,38)(H,33,37)/t18-,24+/m1/s1. The maximum atomic E-state index is 13.3. The molecule has 12 heteroatoms. The number of benzene rings is 2. The lowest BCUT2D eigenvalue weighted by Crippen LogP contribution is -2.58. The van der Waals surface area contributed by atoms with Gasteiger partial charge in [0, 0.05) is 15.9 Å². The van der Waals surface area contributed by atoms with Crippen molar-refractivity contribution in [3.8, 4) is 0 Å². The quantitative estimate of drug-likeness (QED) is 0.184. The average molecular weight is 580 g/mol. The second kappa shape index (κ2) is 12.7. The van der Waals surface area contributed by atoms with Crippen LogP contribution in [0.2, 0.25) is 0 Å². The zero-order valence-electron chi connectivity index (χ0n) is 21.9. The van der Waals surface area contributed by atoms with Crippen LogP contribution >= 0.6 is 22.7 Å². The number of carbonyl (C=O) groups is 5. The maximum Gasteiger partial charge on any atom is 0.262 e. The summed E-state index contributed by atoms with van der Waals surface area (Å²) in [4.78, 5) is 64.1. The topological polar surface area (TPSA) is 159 Å². The predicted molar refractivity (Wildman–Crippen MR) is 156 cm³/mol. The smallest absolute Gasteiger partial charge is 0.262 e. The van der Waals surface area contributed by atoms with Crippen LogP contribution in [0.1, 0.15) is 33.2 Å². The van der Waals surface area contributed by atoms with Crippen molar-refractivity contribution in [3.63, 3.8) is 0 Å². The zero-order chi connectivity index (χ0) is 28.8. The van der Waals surface area contributed by atoms with Crippen LogP contribution < -0.4 is 27.0 Å². The van der Waals surface area contributed by atoms with Crippen molar-refractivity contribution in [2.75, 3.05) is 13.1 Å². The van der Waals surface area contributed by atoms with E-state index in [1.165, 1.54) is 22.7 Å². The third kappa shape index (κ3) is 7.01. The van der Waals surface area contributed by atoms with Crippen molar-refractivity contribution in [1.82, 2.24) is 21.3 Å². The summed E-state index contributed by atoms with van der Waals surface area (Å²) < 4.78 is 1.88. The molecule has 208 valence electrons. The molecule has 2 aromatic heterocycles. The normalized spacial score (nSPS) is 12.6. The highest BCUT2D eigenvalue weighted by molar-refractivity contribution is 7.21. The first-order chi connectivity index (χ1) is 19.1. The summed E-state index contributed by atoms with van der Waals surface area (Å²) in [5.74, 6) is -3.23. The molecule has 0 aliphatic rings. The minimum atomic E-state index is -1.23. The predicted octanol–water partition coefficient (Wildman–Crippen LogP) is 2.39. The van der Waals surface area contributed by atoms with Gasteiger partial charge in [-0.3, -0.25) is 24.0 Å². The van der Waals surface area contributed by atoms with E-state index in [0.29, 0.717) is 9.75 Å². The van der Waals surface area contributed by atoms with Gasteiger partial charge in [0.2, 0.25) is 17.7 Å². The number of hydrogen-bond donors (Lipinski definition) is 5. The van der Waals surface area contributed by atoms with E-state index in [4.69, 9.17) is 5.73 Å². The summed E-state index contributed by atoms with van der Waals surface area (Å²) >= 11 is 2.61. The van der Waals surface area contributed by atoms with Gasteiger partial charge in [-0.1, -0.05) is 50.2 Å². The Hall–Kier alpha value is -4.29. The lowest BCUT2D eigenvalue weighted by molar-refractivity contribution is -0.131. The monoisotopic (exact) mass is 579 g/mol. The molecule has 10 nitrogen and oxygen atoms in total. The second-order valence-corrected chi connectivity index (χ2v) is 11.6. The Morgan fingerprint density at radius 1 is 0.750 bits per heavy atom. The Kier molecular flexibility index (Phi) is 9.12. The highest BCUT2D eigenvalue weighted by Gasteiger charge is 2.30. The number of carbonyl (C=O) groups excluding carboxylic acids is 5. The molecule has 0 aliphatic carbocycles. The number of fused-ring (bicyclic) bond motifs is 2. The van der Waals surface area contributed by atoms with Crippen molar-refractivity contribution in [2.24, 2.45) is 11.7 Å². The van der Waals surface area contributed by atoms with Gasteiger partial charge in [-0.05, 0) is 41.0 Å². The molecule has 6 N–H and O–H groups in total. The van der Waals surface area contributed by atoms with E-state index in [1.807, 2.05) is 48.5 Å². The molecule has 40 heavy (non-hydrogen) atoms. The van der Waals surface area contributed by atoms with Crippen LogP contribution in [0.25, 0.3) is 20.2 Å². The molecule has 2 heterocycles. The van der Waals surface area contributed by atoms with Crippen molar-refractivity contribution in [1.29, 1.82) is 0 Å². The summed E-state index contributed by atoms with van der Waals surface area (Å²) in [6, 6.07) is 16.4. The SMILES string of the molecule is CC(C)[C@H](NC(=O)c1cc2ccccc2s1)C(=O)N[C@H](CNC(=O)c1cc2ccccc2s1)C(=O)NCC(N)=O. The van der Waals surface area contributed by atoms with Gasteiger partial charge in [0.25, 0.3) is 11.8 Å². The molecule has 0 saturated carbocycles. The van der Waals surface area contributed by atoms with Crippen molar-refractivity contribution >= 4 is 72.4 Å². The zero-order valence-corrected chi connectivity index (χ0v) is 23.5. The second-order valence-electron chi connectivity index (χ2n) is 9.45. The van der Waals surface area contributed by atoms with E-state index < -0.39 is 48.2 Å². The van der Waals surface area contributed by atoms with E-state index in [-0.39, 0.29) is 12.5 Å². The molecule has 2 aromatic carbocycles. The van der Waals surface area contributed by atoms with Gasteiger partial charge >= 0.3 is 0 Å². The lowest BCUT2D eigenvalue weighted by atomic mass is 10.0. The summed E-state index contributed by atoms with van der Waals surface area (Å²) in [5.41, 5.74) is 5.15. The number of thiophene rings is 2. The third-order valence-corrected chi connectivity index (χ3v) is 8.30. The molecule has 5 amide bonds. The van der Waals surface area contributed by atoms with E-state index in [2.05, 4.69) is 21.3 Å². The molecule has 0 unspecified atom stereocenters. The Balaban J connectivity index is 1.46. The van der Waals surface area contributed by atoms with Gasteiger partial charge in [0.1, 0.15) is 12.1 Å². The van der Waals surface area contributed by atoms with E-state index in [9.17, 15) is 24.0 Å². The Labute approximate surface area is 238 Å². The van der Waals surface area contributed by atoms with Crippen LogP contribution in [-0.2, 0) is 14.4 Å². The largest absolute Gasteiger partial charge is 0.368 e. The van der Waals surface area contributed by atoms with Crippen LogP contribution in [-0.4, -0.2) is 54.7 Å². The first-order valence-electron chi connectivity index (χ1n) is 12.5. The minimum Gasteiger partial charge on any atom is -0.368 e. The summed E-state index contributed by atoms with van der Waals surface area (Å²) in [6.45, 7) is 2.84. The summed E-state index contributed by atoms with van der Waals surface area (Å²) in [5, 5.41) is 12.2. The third-order valence-electron chi connectivity index (χ3n) is 6.07. The highest BCUT2D eigenvalue weighted by atomic mass is 32.1. The molecule has 4 rings (SSSR count). The molecule has 2 atom stereocenters. The molecule has 0 radical (unpaired) electrons. The Morgan fingerprint density at radius 2 is 1.30 bits per heavy atom. The lowest BCUT2D eigenvalue weighted by Gasteiger charge is -2.25. The van der Waals surface area contributed by atoms with Crippen molar-refractivity contribution in [2.45, 2.75) is 25.9 Å². The molecule has 0 saturated heterocycles. The number of primary amides is 1. The molecule has 0 fully saturated rings. The van der Waals surface area contributed by atoms with Gasteiger partial charge in [-0.2, -0.15) is 0 Å². The van der Waals surface area contributed by atoms with Crippen molar-refractivity contribution < 1.29 is 24.0 Å². The maximum absolute atomic E-state index is 13.3. The molecule has 0 aliphatic heterocycles. The molecule has 0 bridgehead atoms. The fourth-order valence-corrected chi connectivity index (χ4v) is 5.93. The van der Waals surface area contributed by atoms with Crippen LogP contribution in [0, 0.1) is 5.92 Å². The van der Waals surface area contributed by atoms with Crippen LogP contribution in [0.3, 0.4) is 0 Å². The van der Waals surface area contributed by atoms with Crippen molar-refractivity contribution in [3.05, 3.63) is 70.4 Å². The average Bonchev–Trinajstić information content (AvgIpc) is 3.56. The van der Waals surface area contributed by atoms with Gasteiger partial charge < -0.3 is 27.0 Å². The molecular formula is C28H29N5O5S2. The van der Waals surface area contributed by atoms with E-state index in [1.54, 1.807) is 26.0 Å². The fourth-order valence-electron chi connectivity index (χ4n) is 3.98. The first-order valence-corrected chi connectivity index (χ1v) is 14.2. The molecule has 0 spiro atoms. The Morgan fingerprint density at radius 3 is 1.82 bits per heavy atom. The number of nitrogens with one attached hydrogen (secondary N) is 4. The van der Waals surface area contributed by atoms with E-state index in [0.717, 1.165) is 20.2 Å². The minimum absolute atomic E-state index is 0.251. The first kappa shape index (κ1) is 28.7. The van der Waals surface area contributed by atoms with Crippen LogP contribution in [0.15, 0.2) is 60.7 Å². The molecular weight excluding hydrogens is 550 g/mol.